The first-order chi connectivity index (χ1) is 8.66. The highest BCUT2D eigenvalue weighted by Crippen LogP contribution is 2.35. The fraction of sp³-hybridized carbons (Fsp3) is 0.833. The van der Waals surface area contributed by atoms with Gasteiger partial charge in [-0.2, -0.15) is 0 Å². The van der Waals surface area contributed by atoms with E-state index >= 15 is 0 Å². The van der Waals surface area contributed by atoms with Gasteiger partial charge in [0, 0.05) is 13.1 Å². The molecule has 2 unspecified atom stereocenters. The fourth-order valence-corrected chi connectivity index (χ4v) is 3.01. The van der Waals surface area contributed by atoms with Gasteiger partial charge in [-0.05, 0) is 24.7 Å². The molecule has 6 heteroatoms. The first-order valence-electron chi connectivity index (χ1n) is 6.55. The van der Waals surface area contributed by atoms with E-state index in [1.165, 1.54) is 25.7 Å². The van der Waals surface area contributed by atoms with Crippen LogP contribution >= 0.6 is 0 Å². The zero-order chi connectivity index (χ0) is 13.0. The Morgan fingerprint density at radius 3 is 2.67 bits per heavy atom. The summed E-state index contributed by atoms with van der Waals surface area (Å²) in [5, 5.41) is 8.40. The predicted molar refractivity (Wildman–Crippen MR) is 63.8 cm³/mol. The molecule has 2 atom stereocenters. The highest BCUT2D eigenvalue weighted by Gasteiger charge is 2.32. The van der Waals surface area contributed by atoms with Crippen LogP contribution in [-0.2, 0) is 9.63 Å². The molecule has 2 fully saturated rings. The molecule has 1 saturated heterocycles. The quantitative estimate of drug-likeness (QED) is 0.744. The Kier molecular flexibility index (Phi) is 4.41. The van der Waals surface area contributed by atoms with Gasteiger partial charge in [-0.15, -0.1) is 0 Å². The Bertz CT molecular complexity index is 321. The van der Waals surface area contributed by atoms with Gasteiger partial charge in [-0.25, -0.2) is 15.1 Å². The molecule has 18 heavy (non-hydrogen) atoms. The summed E-state index contributed by atoms with van der Waals surface area (Å²) in [5.74, 6) is 0.279. The van der Waals surface area contributed by atoms with Gasteiger partial charge >= 0.3 is 12.0 Å². The normalized spacial score (nSPS) is 27.4. The Labute approximate surface area is 106 Å². The molecular formula is C12H20N2O4. The molecule has 2 aliphatic rings. The highest BCUT2D eigenvalue weighted by molar-refractivity contribution is 5.73. The third-order valence-electron chi connectivity index (χ3n) is 3.93. The first kappa shape index (κ1) is 13.1. The molecule has 1 saturated carbocycles. The number of carbonyl (C=O) groups excluding carboxylic acids is 1. The van der Waals surface area contributed by atoms with Gasteiger partial charge in [-0.1, -0.05) is 19.3 Å². The van der Waals surface area contributed by atoms with E-state index in [0.717, 1.165) is 25.4 Å². The molecular weight excluding hydrogens is 236 g/mol. The van der Waals surface area contributed by atoms with Crippen LogP contribution in [0.15, 0.2) is 0 Å². The maximum absolute atomic E-state index is 11.8. The molecule has 6 nitrogen and oxygen atoms in total. The summed E-state index contributed by atoms with van der Waals surface area (Å²) in [6.45, 7) is 1.00. The monoisotopic (exact) mass is 256 g/mol. The third kappa shape index (κ3) is 3.35. The summed E-state index contributed by atoms with van der Waals surface area (Å²) in [6.07, 6.45) is 6.11. The molecule has 1 heterocycles. The molecule has 2 rings (SSSR count). The van der Waals surface area contributed by atoms with Crippen molar-refractivity contribution in [3.8, 4) is 0 Å². The second-order valence-electron chi connectivity index (χ2n) is 5.13. The predicted octanol–water partition coefficient (Wildman–Crippen LogP) is 1.22. The van der Waals surface area contributed by atoms with Gasteiger partial charge in [0.2, 0.25) is 0 Å². The number of hydroxylamine groups is 1. The zero-order valence-electron chi connectivity index (χ0n) is 10.4. The lowest BCUT2D eigenvalue weighted by Crippen LogP contribution is -2.48. The summed E-state index contributed by atoms with van der Waals surface area (Å²) in [7, 11) is 0. The smallest absolute Gasteiger partial charge is 0.341 e. The zero-order valence-corrected chi connectivity index (χ0v) is 10.4. The maximum Gasteiger partial charge on any atom is 0.341 e. The van der Waals surface area contributed by atoms with E-state index in [9.17, 15) is 9.59 Å². The van der Waals surface area contributed by atoms with Gasteiger partial charge in [0.25, 0.3) is 0 Å². The standard InChI is InChI=1S/C12H20N2O4/c15-11(16)8-18-13-12(17)14-6-5-9-3-1-2-4-10(9)7-14/h9-10H,1-8H2,(H,13,17)(H,15,16). The number of hydrogen-bond acceptors (Lipinski definition) is 3. The van der Waals surface area contributed by atoms with Crippen LogP contribution in [0.5, 0.6) is 0 Å². The minimum absolute atomic E-state index is 0.319. The van der Waals surface area contributed by atoms with Gasteiger partial charge in [-0.3, -0.25) is 4.84 Å². The number of likely N-dealkylation sites (tertiary alicyclic amines) is 1. The summed E-state index contributed by atoms with van der Waals surface area (Å²) in [5.41, 5.74) is 2.19. The van der Waals surface area contributed by atoms with Crippen molar-refractivity contribution in [3.05, 3.63) is 0 Å². The van der Waals surface area contributed by atoms with E-state index in [1.807, 2.05) is 0 Å². The van der Waals surface area contributed by atoms with Crippen molar-refractivity contribution in [2.75, 3.05) is 19.7 Å². The number of carboxylic acids is 1. The number of rotatable bonds is 3. The Morgan fingerprint density at radius 1 is 1.22 bits per heavy atom. The molecule has 1 aliphatic heterocycles. The van der Waals surface area contributed by atoms with Crippen molar-refractivity contribution >= 4 is 12.0 Å². The molecule has 102 valence electrons. The number of fused-ring (bicyclic) bond motifs is 1. The van der Waals surface area contributed by atoms with Gasteiger partial charge in [0.15, 0.2) is 6.61 Å². The van der Waals surface area contributed by atoms with Crippen LogP contribution in [0.3, 0.4) is 0 Å². The van der Waals surface area contributed by atoms with Crippen LogP contribution in [0.4, 0.5) is 4.79 Å². The fourth-order valence-electron chi connectivity index (χ4n) is 3.01. The number of piperidine rings is 1. The number of nitrogens with zero attached hydrogens (tertiary/aromatic N) is 1. The number of carbonyl (C=O) groups is 2. The number of hydrogen-bond donors (Lipinski definition) is 2. The van der Waals surface area contributed by atoms with Crippen LogP contribution in [0.1, 0.15) is 32.1 Å². The number of nitrogens with one attached hydrogen (secondary N) is 1. The van der Waals surface area contributed by atoms with E-state index in [1.54, 1.807) is 4.90 Å². The van der Waals surface area contributed by atoms with Gasteiger partial charge < -0.3 is 10.0 Å². The molecule has 0 aromatic rings. The van der Waals surface area contributed by atoms with Crippen molar-refractivity contribution in [3.63, 3.8) is 0 Å². The van der Waals surface area contributed by atoms with Crippen molar-refractivity contribution in [2.24, 2.45) is 11.8 Å². The SMILES string of the molecule is O=C(O)CONC(=O)N1CCC2CCCCC2C1. The third-order valence-corrected chi connectivity index (χ3v) is 3.93. The Morgan fingerprint density at radius 2 is 1.94 bits per heavy atom. The van der Waals surface area contributed by atoms with E-state index in [2.05, 4.69) is 10.3 Å². The Balaban J connectivity index is 1.75. The maximum atomic E-state index is 11.8. The lowest BCUT2D eigenvalue weighted by atomic mass is 9.75. The summed E-state index contributed by atoms with van der Waals surface area (Å²) < 4.78 is 0. The molecule has 0 aromatic heterocycles. The van der Waals surface area contributed by atoms with Gasteiger partial charge in [0.1, 0.15) is 0 Å². The van der Waals surface area contributed by atoms with Crippen molar-refractivity contribution in [1.82, 2.24) is 10.4 Å². The summed E-state index contributed by atoms with van der Waals surface area (Å²) in [6, 6.07) is -0.319. The highest BCUT2D eigenvalue weighted by atomic mass is 16.7. The van der Waals surface area contributed by atoms with E-state index in [4.69, 9.17) is 5.11 Å². The molecule has 0 radical (unpaired) electrons. The number of urea groups is 1. The van der Waals surface area contributed by atoms with Crippen LogP contribution in [0, 0.1) is 11.8 Å². The number of aliphatic carboxylic acids is 1. The van der Waals surface area contributed by atoms with E-state index in [-0.39, 0.29) is 6.03 Å². The topological polar surface area (TPSA) is 78.9 Å². The average Bonchev–Trinajstić information content (AvgIpc) is 2.37. The van der Waals surface area contributed by atoms with Crippen molar-refractivity contribution in [2.45, 2.75) is 32.1 Å². The van der Waals surface area contributed by atoms with Crippen molar-refractivity contribution in [1.29, 1.82) is 0 Å². The molecule has 0 aromatic carbocycles. The average molecular weight is 256 g/mol. The lowest BCUT2D eigenvalue weighted by molar-refractivity contribution is -0.144. The van der Waals surface area contributed by atoms with Crippen LogP contribution in [-0.4, -0.2) is 41.7 Å². The summed E-state index contributed by atoms with van der Waals surface area (Å²) >= 11 is 0. The molecule has 2 amide bonds. The number of carboxylic acid groups (broad SMARTS) is 1. The van der Waals surface area contributed by atoms with Crippen molar-refractivity contribution < 1.29 is 19.5 Å². The summed E-state index contributed by atoms with van der Waals surface area (Å²) in [4.78, 5) is 28.3. The Hall–Kier alpha value is -1.30. The van der Waals surface area contributed by atoms with Crippen LogP contribution < -0.4 is 5.48 Å². The second-order valence-corrected chi connectivity index (χ2v) is 5.13. The van der Waals surface area contributed by atoms with E-state index < -0.39 is 12.6 Å². The minimum Gasteiger partial charge on any atom is -0.479 e. The van der Waals surface area contributed by atoms with Gasteiger partial charge in [0.05, 0.1) is 0 Å². The largest absolute Gasteiger partial charge is 0.479 e. The van der Waals surface area contributed by atoms with Crippen LogP contribution in [0.25, 0.3) is 0 Å². The molecule has 1 aliphatic carbocycles. The lowest BCUT2D eigenvalue weighted by Gasteiger charge is -2.40. The molecule has 0 spiro atoms. The first-order valence-corrected chi connectivity index (χ1v) is 6.55. The van der Waals surface area contributed by atoms with E-state index in [0.29, 0.717) is 5.92 Å². The second kappa shape index (κ2) is 6.04. The minimum atomic E-state index is -1.10. The van der Waals surface area contributed by atoms with Crippen LogP contribution in [0.2, 0.25) is 0 Å². The molecule has 2 N–H and O–H groups in total. The number of amides is 2. The molecule has 0 bridgehead atoms.